The lowest BCUT2D eigenvalue weighted by Gasteiger charge is -2.14. The zero-order valence-corrected chi connectivity index (χ0v) is 10.8. The lowest BCUT2D eigenvalue weighted by Crippen LogP contribution is -2.10. The molecule has 0 atom stereocenters. The van der Waals surface area contributed by atoms with Crippen LogP contribution in [0.3, 0.4) is 0 Å². The topological polar surface area (TPSA) is 62.7 Å². The maximum Gasteiger partial charge on any atom is 0.268 e. The van der Waals surface area contributed by atoms with Crippen LogP contribution in [0.1, 0.15) is 31.5 Å². The maximum absolute atomic E-state index is 8.75. The van der Waals surface area contributed by atoms with Gasteiger partial charge in [0.15, 0.2) is 5.82 Å². The van der Waals surface area contributed by atoms with E-state index in [0.29, 0.717) is 16.6 Å². The summed E-state index contributed by atoms with van der Waals surface area (Å²) < 4.78 is 5.19. The minimum absolute atomic E-state index is 0.133. The van der Waals surface area contributed by atoms with Crippen LogP contribution in [0, 0.1) is 16.7 Å². The molecule has 0 bridgehead atoms. The quantitative estimate of drug-likeness (QED) is 0.817. The molecular weight excluding hydrogens is 234 g/mol. The Bertz CT molecular complexity index is 557. The molecule has 0 aliphatic carbocycles. The van der Waals surface area contributed by atoms with Crippen LogP contribution < -0.4 is 0 Å². The number of thiophene rings is 1. The minimum atomic E-state index is 0.133. The van der Waals surface area contributed by atoms with E-state index in [9.17, 15) is 0 Å². The lowest BCUT2D eigenvalue weighted by atomic mass is 9.92. The third-order valence-corrected chi connectivity index (χ3v) is 3.06. The van der Waals surface area contributed by atoms with Crippen molar-refractivity contribution in [1.82, 2.24) is 10.1 Å². The third-order valence-electron chi connectivity index (χ3n) is 2.08. The summed E-state index contributed by atoms with van der Waals surface area (Å²) in [6.07, 6.45) is 0.771. The first-order chi connectivity index (χ1) is 7.98. The second-order valence-corrected chi connectivity index (χ2v) is 6.11. The lowest BCUT2D eigenvalue weighted by molar-refractivity contribution is 0.375. The summed E-state index contributed by atoms with van der Waals surface area (Å²) in [4.78, 5) is 5.83. The summed E-state index contributed by atoms with van der Waals surface area (Å²) in [6, 6.07) is 5.68. The van der Waals surface area contributed by atoms with Gasteiger partial charge in [-0.15, -0.1) is 11.3 Å². The highest BCUT2D eigenvalue weighted by molar-refractivity contribution is 7.15. The Morgan fingerprint density at radius 3 is 2.76 bits per heavy atom. The van der Waals surface area contributed by atoms with Gasteiger partial charge in [0.05, 0.1) is 4.88 Å². The fourth-order valence-corrected chi connectivity index (χ4v) is 2.14. The standard InChI is InChI=1S/C12H13N3OS/c1-12(2,3)6-10-14-11(16-15-10)9-5-4-8(7-13)17-9/h4-5H,6H2,1-3H3. The Labute approximate surface area is 104 Å². The molecule has 2 aromatic rings. The molecule has 2 aromatic heterocycles. The van der Waals surface area contributed by atoms with Crippen LogP contribution >= 0.6 is 11.3 Å². The number of nitrogens with zero attached hydrogens (tertiary/aromatic N) is 3. The molecule has 0 saturated heterocycles. The van der Waals surface area contributed by atoms with Gasteiger partial charge in [-0.1, -0.05) is 25.9 Å². The molecule has 0 aliphatic rings. The predicted octanol–water partition coefficient (Wildman–Crippen LogP) is 3.26. The predicted molar refractivity (Wildman–Crippen MR) is 65.5 cm³/mol. The maximum atomic E-state index is 8.75. The number of aromatic nitrogens is 2. The SMILES string of the molecule is CC(C)(C)Cc1noc(-c2ccc(C#N)s2)n1. The largest absolute Gasteiger partial charge is 0.333 e. The van der Waals surface area contributed by atoms with Crippen LogP contribution in [0.4, 0.5) is 0 Å². The van der Waals surface area contributed by atoms with Gasteiger partial charge in [0.2, 0.25) is 0 Å². The Morgan fingerprint density at radius 1 is 1.41 bits per heavy atom. The molecular formula is C12H13N3OS. The average molecular weight is 247 g/mol. The van der Waals surface area contributed by atoms with Crippen LogP contribution in [-0.2, 0) is 6.42 Å². The molecule has 0 radical (unpaired) electrons. The van der Waals surface area contributed by atoms with E-state index in [0.717, 1.165) is 11.3 Å². The van der Waals surface area contributed by atoms with E-state index in [1.165, 1.54) is 11.3 Å². The van der Waals surface area contributed by atoms with Crippen molar-refractivity contribution in [2.75, 3.05) is 0 Å². The molecule has 0 unspecified atom stereocenters. The molecule has 5 heteroatoms. The highest BCUT2D eigenvalue weighted by Gasteiger charge is 2.17. The highest BCUT2D eigenvalue weighted by Crippen LogP contribution is 2.27. The van der Waals surface area contributed by atoms with Crippen molar-refractivity contribution in [2.24, 2.45) is 5.41 Å². The number of nitriles is 1. The monoisotopic (exact) mass is 247 g/mol. The van der Waals surface area contributed by atoms with E-state index in [4.69, 9.17) is 9.78 Å². The van der Waals surface area contributed by atoms with Crippen molar-refractivity contribution >= 4 is 11.3 Å². The van der Waals surface area contributed by atoms with Crippen molar-refractivity contribution in [1.29, 1.82) is 5.26 Å². The van der Waals surface area contributed by atoms with Crippen molar-refractivity contribution < 1.29 is 4.52 Å². The van der Waals surface area contributed by atoms with Gasteiger partial charge in [-0.2, -0.15) is 10.2 Å². The highest BCUT2D eigenvalue weighted by atomic mass is 32.1. The Morgan fingerprint density at radius 2 is 2.18 bits per heavy atom. The zero-order valence-electron chi connectivity index (χ0n) is 10.0. The number of rotatable bonds is 2. The number of hydrogen-bond acceptors (Lipinski definition) is 5. The molecule has 0 amide bonds. The normalized spacial score (nSPS) is 11.4. The molecule has 4 nitrogen and oxygen atoms in total. The molecule has 0 spiro atoms. The smallest absolute Gasteiger partial charge is 0.268 e. The van der Waals surface area contributed by atoms with Crippen molar-refractivity contribution in [2.45, 2.75) is 27.2 Å². The van der Waals surface area contributed by atoms with Gasteiger partial charge in [-0.25, -0.2) is 0 Å². The van der Waals surface area contributed by atoms with Gasteiger partial charge < -0.3 is 4.52 Å². The van der Waals surface area contributed by atoms with E-state index in [-0.39, 0.29) is 5.41 Å². The van der Waals surface area contributed by atoms with Crippen molar-refractivity contribution in [3.05, 3.63) is 22.8 Å². The molecule has 88 valence electrons. The molecule has 17 heavy (non-hydrogen) atoms. The van der Waals surface area contributed by atoms with Crippen molar-refractivity contribution in [3.63, 3.8) is 0 Å². The molecule has 0 aromatic carbocycles. The van der Waals surface area contributed by atoms with E-state index in [1.807, 2.05) is 6.07 Å². The van der Waals surface area contributed by atoms with Crippen LogP contribution in [0.25, 0.3) is 10.8 Å². The van der Waals surface area contributed by atoms with Gasteiger partial charge in [0.25, 0.3) is 5.89 Å². The van der Waals surface area contributed by atoms with E-state index < -0.39 is 0 Å². The van der Waals surface area contributed by atoms with E-state index >= 15 is 0 Å². The Balaban J connectivity index is 2.21. The molecule has 0 fully saturated rings. The Hall–Kier alpha value is -1.67. The second-order valence-electron chi connectivity index (χ2n) is 5.03. The first kappa shape index (κ1) is 11.8. The van der Waals surface area contributed by atoms with Gasteiger partial charge >= 0.3 is 0 Å². The van der Waals surface area contributed by atoms with Crippen LogP contribution in [-0.4, -0.2) is 10.1 Å². The number of hydrogen-bond donors (Lipinski definition) is 0. The molecule has 0 aliphatic heterocycles. The van der Waals surface area contributed by atoms with Crippen molar-refractivity contribution in [3.8, 4) is 16.8 Å². The van der Waals surface area contributed by atoms with Crippen LogP contribution in [0.5, 0.6) is 0 Å². The first-order valence-electron chi connectivity index (χ1n) is 5.31. The average Bonchev–Trinajstić information content (AvgIpc) is 2.82. The minimum Gasteiger partial charge on any atom is -0.333 e. The zero-order chi connectivity index (χ0) is 12.5. The van der Waals surface area contributed by atoms with E-state index in [2.05, 4.69) is 37.0 Å². The molecule has 0 saturated carbocycles. The van der Waals surface area contributed by atoms with Gasteiger partial charge in [-0.3, -0.25) is 0 Å². The first-order valence-corrected chi connectivity index (χ1v) is 6.12. The summed E-state index contributed by atoms with van der Waals surface area (Å²) in [5.41, 5.74) is 0.133. The fraction of sp³-hybridized carbons (Fsp3) is 0.417. The van der Waals surface area contributed by atoms with Crippen LogP contribution in [0.15, 0.2) is 16.7 Å². The van der Waals surface area contributed by atoms with Gasteiger partial charge in [0.1, 0.15) is 10.9 Å². The van der Waals surface area contributed by atoms with Crippen LogP contribution in [0.2, 0.25) is 0 Å². The Kier molecular flexibility index (Phi) is 2.99. The molecule has 2 heterocycles. The molecule has 2 rings (SSSR count). The second kappa shape index (κ2) is 4.30. The summed E-state index contributed by atoms with van der Waals surface area (Å²) in [7, 11) is 0. The summed E-state index contributed by atoms with van der Waals surface area (Å²) in [5.74, 6) is 1.20. The fourth-order valence-electron chi connectivity index (χ4n) is 1.41. The van der Waals surface area contributed by atoms with Gasteiger partial charge in [0, 0.05) is 6.42 Å². The summed E-state index contributed by atoms with van der Waals surface area (Å²) in [5, 5.41) is 12.7. The summed E-state index contributed by atoms with van der Waals surface area (Å²) >= 11 is 1.36. The summed E-state index contributed by atoms with van der Waals surface area (Å²) in [6.45, 7) is 6.38. The molecule has 0 N–H and O–H groups in total. The van der Waals surface area contributed by atoms with E-state index in [1.54, 1.807) is 6.07 Å². The van der Waals surface area contributed by atoms with Gasteiger partial charge in [-0.05, 0) is 17.5 Å². The third kappa shape index (κ3) is 2.92.